The van der Waals surface area contributed by atoms with Gasteiger partial charge in [-0.05, 0) is 25.5 Å². The quantitative estimate of drug-likeness (QED) is 0.619. The van der Waals surface area contributed by atoms with E-state index in [0.29, 0.717) is 5.56 Å². The van der Waals surface area contributed by atoms with Crippen molar-refractivity contribution in [1.29, 1.82) is 0 Å². The Labute approximate surface area is 74.8 Å². The van der Waals surface area contributed by atoms with Crippen LogP contribution in [0.5, 0.6) is 0 Å². The third kappa shape index (κ3) is 2.18. The van der Waals surface area contributed by atoms with Gasteiger partial charge in [0.25, 0.3) is 0 Å². The van der Waals surface area contributed by atoms with E-state index in [1.165, 1.54) is 6.07 Å². The average molecular weight is 181 g/mol. The van der Waals surface area contributed by atoms with Gasteiger partial charge in [0.05, 0.1) is 0 Å². The van der Waals surface area contributed by atoms with E-state index in [1.54, 1.807) is 13.8 Å². The number of aryl methyl sites for hydroxylation is 1. The van der Waals surface area contributed by atoms with Crippen molar-refractivity contribution in [2.24, 2.45) is 0 Å². The molecular weight excluding hydrogens is 172 g/mol. The lowest BCUT2D eigenvalue weighted by Crippen LogP contribution is -2.25. The minimum absolute atomic E-state index is 0.133. The van der Waals surface area contributed by atoms with Gasteiger partial charge in [-0.25, -0.2) is 4.79 Å². The largest absolute Gasteiger partial charge is 0.550 e. The Morgan fingerprint density at radius 1 is 1.54 bits per heavy atom. The fraction of sp³-hybridized carbons (Fsp3) is 0.333. The number of hydrogen-bond acceptors (Lipinski definition) is 4. The van der Waals surface area contributed by atoms with E-state index in [-0.39, 0.29) is 12.2 Å². The Hall–Kier alpha value is -1.58. The summed E-state index contributed by atoms with van der Waals surface area (Å²) in [5.74, 6) is -1.13. The molecule has 1 aromatic heterocycles. The molecule has 1 aromatic rings. The lowest BCUT2D eigenvalue weighted by molar-refractivity contribution is -0.305. The van der Waals surface area contributed by atoms with Crippen LogP contribution in [0.2, 0.25) is 0 Å². The van der Waals surface area contributed by atoms with Crippen LogP contribution in [-0.2, 0) is 11.2 Å². The molecule has 0 aromatic carbocycles. The number of aliphatic carboxylic acids is 1. The molecule has 0 N–H and O–H groups in total. The maximum Gasteiger partial charge on any atom is 0.339 e. The first-order valence-electron chi connectivity index (χ1n) is 3.81. The molecule has 0 bridgehead atoms. The van der Waals surface area contributed by atoms with Gasteiger partial charge in [0.1, 0.15) is 5.76 Å². The van der Waals surface area contributed by atoms with Crippen LogP contribution >= 0.6 is 0 Å². The summed E-state index contributed by atoms with van der Waals surface area (Å²) in [5, 5.41) is 10.2. The third-order valence-corrected chi connectivity index (χ3v) is 1.82. The minimum Gasteiger partial charge on any atom is -0.550 e. The fourth-order valence-corrected chi connectivity index (χ4v) is 0.965. The van der Waals surface area contributed by atoms with Crippen molar-refractivity contribution in [2.75, 3.05) is 0 Å². The maximum atomic E-state index is 11.1. The van der Waals surface area contributed by atoms with Gasteiger partial charge in [-0.1, -0.05) is 0 Å². The van der Waals surface area contributed by atoms with Crippen LogP contribution in [0.1, 0.15) is 16.9 Å². The van der Waals surface area contributed by atoms with Crippen molar-refractivity contribution in [3.8, 4) is 0 Å². The molecule has 4 heteroatoms. The van der Waals surface area contributed by atoms with Crippen molar-refractivity contribution in [2.45, 2.75) is 20.3 Å². The zero-order valence-corrected chi connectivity index (χ0v) is 7.42. The Bertz CT molecular complexity index is 389. The summed E-state index contributed by atoms with van der Waals surface area (Å²) < 4.78 is 4.72. The minimum atomic E-state index is -1.26. The second-order valence-electron chi connectivity index (χ2n) is 2.86. The van der Waals surface area contributed by atoms with E-state index in [0.717, 1.165) is 5.56 Å². The summed E-state index contributed by atoms with van der Waals surface area (Å²) in [5.41, 5.74) is 0.742. The first-order valence-corrected chi connectivity index (χ1v) is 3.81. The smallest absolute Gasteiger partial charge is 0.339 e. The predicted octanol–water partition coefficient (Wildman–Crippen LogP) is -0.451. The summed E-state index contributed by atoms with van der Waals surface area (Å²) >= 11 is 0. The van der Waals surface area contributed by atoms with Crippen molar-refractivity contribution in [3.05, 3.63) is 33.4 Å². The van der Waals surface area contributed by atoms with Crippen LogP contribution in [0.4, 0.5) is 0 Å². The molecule has 13 heavy (non-hydrogen) atoms. The van der Waals surface area contributed by atoms with Gasteiger partial charge < -0.3 is 14.3 Å². The van der Waals surface area contributed by atoms with Gasteiger partial charge >= 0.3 is 5.63 Å². The van der Waals surface area contributed by atoms with E-state index in [1.807, 2.05) is 0 Å². The topological polar surface area (TPSA) is 70.3 Å². The Morgan fingerprint density at radius 3 is 2.62 bits per heavy atom. The molecule has 0 saturated carbocycles. The van der Waals surface area contributed by atoms with Gasteiger partial charge in [0.15, 0.2) is 0 Å². The molecule has 1 rings (SSSR count). The number of carbonyl (C=O) groups excluding carboxylic acids is 1. The van der Waals surface area contributed by atoms with Crippen molar-refractivity contribution in [1.82, 2.24) is 0 Å². The number of carboxylic acid groups (broad SMARTS) is 1. The lowest BCUT2D eigenvalue weighted by atomic mass is 10.1. The molecule has 0 aliphatic carbocycles. The standard InChI is InChI=1S/C9H10O4/c1-5-3-7(4-8(10)11)13-9(12)6(5)2/h3H,4H2,1-2H3,(H,10,11)/p-1. The van der Waals surface area contributed by atoms with Gasteiger partial charge in [-0.2, -0.15) is 0 Å². The second kappa shape index (κ2) is 3.43. The number of carboxylic acids is 1. The second-order valence-corrected chi connectivity index (χ2v) is 2.86. The zero-order valence-electron chi connectivity index (χ0n) is 7.42. The SMILES string of the molecule is Cc1cc(CC(=O)[O-])oc(=O)c1C. The third-order valence-electron chi connectivity index (χ3n) is 1.82. The van der Waals surface area contributed by atoms with Crippen molar-refractivity contribution < 1.29 is 14.3 Å². The fourth-order valence-electron chi connectivity index (χ4n) is 0.965. The van der Waals surface area contributed by atoms with E-state index in [4.69, 9.17) is 4.42 Å². The molecule has 0 saturated heterocycles. The summed E-state index contributed by atoms with van der Waals surface area (Å²) in [6.07, 6.45) is -0.365. The molecule has 0 atom stereocenters. The molecular formula is C9H9O4-. The average Bonchev–Trinajstić information content (AvgIpc) is 1.98. The zero-order chi connectivity index (χ0) is 10.0. The molecule has 0 aliphatic rings. The summed E-state index contributed by atoms with van der Waals surface area (Å²) in [6, 6.07) is 1.53. The molecule has 0 spiro atoms. The van der Waals surface area contributed by atoms with E-state index in [9.17, 15) is 14.7 Å². The van der Waals surface area contributed by atoms with Crippen molar-refractivity contribution >= 4 is 5.97 Å². The Kier molecular flexibility index (Phi) is 2.51. The summed E-state index contributed by atoms with van der Waals surface area (Å²) in [7, 11) is 0. The van der Waals surface area contributed by atoms with Gasteiger partial charge in [-0.3, -0.25) is 0 Å². The normalized spacial score (nSPS) is 10.0. The van der Waals surface area contributed by atoms with Crippen LogP contribution in [0, 0.1) is 13.8 Å². The Balaban J connectivity index is 3.13. The van der Waals surface area contributed by atoms with Crippen molar-refractivity contribution in [3.63, 3.8) is 0 Å². The van der Waals surface area contributed by atoms with Crippen LogP contribution in [0.15, 0.2) is 15.3 Å². The highest BCUT2D eigenvalue weighted by Gasteiger charge is 2.03. The first-order chi connectivity index (χ1) is 6.00. The molecule has 0 radical (unpaired) electrons. The highest BCUT2D eigenvalue weighted by atomic mass is 16.4. The highest BCUT2D eigenvalue weighted by molar-refractivity contribution is 5.66. The molecule has 1 heterocycles. The first kappa shape index (κ1) is 9.51. The molecule has 70 valence electrons. The van der Waals surface area contributed by atoms with Crippen LogP contribution in [0.3, 0.4) is 0 Å². The van der Waals surface area contributed by atoms with E-state index < -0.39 is 11.6 Å². The molecule has 0 fully saturated rings. The number of rotatable bonds is 2. The van der Waals surface area contributed by atoms with Crippen LogP contribution in [0.25, 0.3) is 0 Å². The highest BCUT2D eigenvalue weighted by Crippen LogP contribution is 2.05. The van der Waals surface area contributed by atoms with Crippen LogP contribution < -0.4 is 10.7 Å². The molecule has 4 nitrogen and oxygen atoms in total. The van der Waals surface area contributed by atoms with Gasteiger partial charge in [-0.15, -0.1) is 0 Å². The maximum absolute atomic E-state index is 11.1. The summed E-state index contributed by atoms with van der Waals surface area (Å²) in [6.45, 7) is 3.36. The monoisotopic (exact) mass is 181 g/mol. The predicted molar refractivity (Wildman–Crippen MR) is 43.2 cm³/mol. The molecule has 0 amide bonds. The summed E-state index contributed by atoms with van der Waals surface area (Å²) in [4.78, 5) is 21.3. The number of carbonyl (C=O) groups is 1. The lowest BCUT2D eigenvalue weighted by Gasteiger charge is -2.03. The van der Waals surface area contributed by atoms with E-state index >= 15 is 0 Å². The van der Waals surface area contributed by atoms with Crippen LogP contribution in [-0.4, -0.2) is 5.97 Å². The molecule has 0 unspecified atom stereocenters. The van der Waals surface area contributed by atoms with Gasteiger partial charge in [0.2, 0.25) is 0 Å². The molecule has 0 aliphatic heterocycles. The van der Waals surface area contributed by atoms with E-state index in [2.05, 4.69) is 0 Å². The van der Waals surface area contributed by atoms with Gasteiger partial charge in [0, 0.05) is 18.0 Å². The number of hydrogen-bond donors (Lipinski definition) is 0. The Morgan fingerprint density at radius 2 is 2.15 bits per heavy atom.